The number of aryl methyl sites for hydroxylation is 2. The summed E-state index contributed by atoms with van der Waals surface area (Å²) in [5, 5.41) is 4.04. The summed E-state index contributed by atoms with van der Waals surface area (Å²) >= 11 is 0. The lowest BCUT2D eigenvalue weighted by Crippen LogP contribution is -2.31. The van der Waals surface area contributed by atoms with Gasteiger partial charge in [0.1, 0.15) is 5.76 Å². The van der Waals surface area contributed by atoms with E-state index in [9.17, 15) is 8.42 Å². The van der Waals surface area contributed by atoms with Crippen LogP contribution in [0, 0.1) is 6.92 Å². The Kier molecular flexibility index (Phi) is 5.24. The van der Waals surface area contributed by atoms with Crippen molar-refractivity contribution in [2.24, 2.45) is 0 Å². The Morgan fingerprint density at radius 2 is 2.00 bits per heavy atom. The van der Waals surface area contributed by atoms with E-state index in [-0.39, 0.29) is 10.9 Å². The molecule has 0 aliphatic carbocycles. The third-order valence-corrected chi connectivity index (χ3v) is 6.71. The van der Waals surface area contributed by atoms with Crippen LogP contribution >= 0.6 is 0 Å². The van der Waals surface area contributed by atoms with Crippen LogP contribution in [-0.4, -0.2) is 38.6 Å². The minimum absolute atomic E-state index is 0.189. The summed E-state index contributed by atoms with van der Waals surface area (Å²) in [6.45, 7) is 4.30. The first-order chi connectivity index (χ1) is 12.4. The Bertz CT molecular complexity index is 891. The van der Waals surface area contributed by atoms with Gasteiger partial charge in [0.05, 0.1) is 30.9 Å². The van der Waals surface area contributed by atoms with Crippen LogP contribution in [0.4, 0.5) is 0 Å². The molecule has 1 fully saturated rings. The molecule has 142 valence electrons. The minimum atomic E-state index is -3.68. The predicted molar refractivity (Wildman–Crippen MR) is 96.0 cm³/mol. The summed E-state index contributed by atoms with van der Waals surface area (Å²) in [5.74, 6) is 1.63. The largest absolute Gasteiger partial charge is 0.493 e. The number of aromatic nitrogens is 1. The SMILES string of the molecule is CCc1onc(C)c1[C@@H]1CCCN1S(=O)(=O)c1ccc(OC)c(OC)c1. The molecule has 1 aromatic heterocycles. The topological polar surface area (TPSA) is 81.9 Å². The molecule has 26 heavy (non-hydrogen) atoms. The molecule has 7 nitrogen and oxygen atoms in total. The quantitative estimate of drug-likeness (QED) is 0.766. The number of sulfonamides is 1. The summed E-state index contributed by atoms with van der Waals surface area (Å²) in [5.41, 5.74) is 1.65. The van der Waals surface area contributed by atoms with Gasteiger partial charge in [0, 0.05) is 24.6 Å². The van der Waals surface area contributed by atoms with E-state index >= 15 is 0 Å². The second kappa shape index (κ2) is 7.28. The summed E-state index contributed by atoms with van der Waals surface area (Å²) in [6.07, 6.45) is 2.23. The van der Waals surface area contributed by atoms with Crippen LogP contribution in [0.2, 0.25) is 0 Å². The molecular formula is C18H24N2O5S. The van der Waals surface area contributed by atoms with Crippen LogP contribution in [-0.2, 0) is 16.4 Å². The van der Waals surface area contributed by atoms with Crippen LogP contribution in [0.1, 0.15) is 42.8 Å². The number of hydrogen-bond donors (Lipinski definition) is 0. The maximum Gasteiger partial charge on any atom is 0.243 e. The first-order valence-corrected chi connectivity index (χ1v) is 10.1. The fourth-order valence-electron chi connectivity index (χ4n) is 3.53. The Labute approximate surface area is 153 Å². The number of methoxy groups -OCH3 is 2. The molecule has 2 heterocycles. The van der Waals surface area contributed by atoms with Crippen molar-refractivity contribution in [2.45, 2.75) is 44.0 Å². The molecule has 1 aromatic carbocycles. The third kappa shape index (κ3) is 3.07. The fourth-order valence-corrected chi connectivity index (χ4v) is 5.22. The predicted octanol–water partition coefficient (Wildman–Crippen LogP) is 3.09. The first kappa shape index (κ1) is 18.7. The summed E-state index contributed by atoms with van der Waals surface area (Å²) < 4.78 is 44.0. The van der Waals surface area contributed by atoms with E-state index in [1.807, 2.05) is 13.8 Å². The standard InChI is InChI=1S/C18H24N2O5S/c1-5-15-18(12(2)19-25-15)14-7-6-10-20(14)26(21,22)13-8-9-16(23-3)17(11-13)24-4/h8-9,11,14H,5-7,10H2,1-4H3/t14-/m0/s1. The maximum atomic E-state index is 13.3. The normalized spacial score (nSPS) is 18.2. The van der Waals surface area contributed by atoms with Crippen LogP contribution in [0.25, 0.3) is 0 Å². The number of nitrogens with zero attached hydrogens (tertiary/aromatic N) is 2. The Hall–Kier alpha value is -2.06. The molecule has 1 saturated heterocycles. The first-order valence-electron chi connectivity index (χ1n) is 8.63. The molecular weight excluding hydrogens is 356 g/mol. The molecule has 0 N–H and O–H groups in total. The van der Waals surface area contributed by atoms with Gasteiger partial charge >= 0.3 is 0 Å². The average molecular weight is 380 g/mol. The fraction of sp³-hybridized carbons (Fsp3) is 0.500. The molecule has 2 aromatic rings. The third-order valence-electron chi connectivity index (χ3n) is 4.80. The van der Waals surface area contributed by atoms with Crippen molar-refractivity contribution in [2.75, 3.05) is 20.8 Å². The molecule has 8 heteroatoms. The van der Waals surface area contributed by atoms with E-state index in [0.717, 1.165) is 29.9 Å². The zero-order chi connectivity index (χ0) is 18.9. The van der Waals surface area contributed by atoms with E-state index in [0.29, 0.717) is 24.5 Å². The molecule has 0 spiro atoms. The maximum absolute atomic E-state index is 13.3. The number of hydrogen-bond acceptors (Lipinski definition) is 6. The van der Waals surface area contributed by atoms with Gasteiger partial charge in [-0.3, -0.25) is 0 Å². The van der Waals surface area contributed by atoms with E-state index in [1.54, 1.807) is 16.4 Å². The lowest BCUT2D eigenvalue weighted by atomic mass is 10.0. The highest BCUT2D eigenvalue weighted by atomic mass is 32.2. The Morgan fingerprint density at radius 3 is 2.65 bits per heavy atom. The molecule has 0 saturated carbocycles. The second-order valence-corrected chi connectivity index (χ2v) is 8.14. The van der Waals surface area contributed by atoms with Gasteiger partial charge in [0.25, 0.3) is 0 Å². The Morgan fingerprint density at radius 1 is 1.27 bits per heavy atom. The van der Waals surface area contributed by atoms with Crippen molar-refractivity contribution in [1.82, 2.24) is 9.46 Å². The van der Waals surface area contributed by atoms with Gasteiger partial charge in [-0.15, -0.1) is 0 Å². The van der Waals surface area contributed by atoms with E-state index in [1.165, 1.54) is 20.3 Å². The van der Waals surface area contributed by atoms with Crippen LogP contribution < -0.4 is 9.47 Å². The Balaban J connectivity index is 2.02. The molecule has 1 aliphatic rings. The van der Waals surface area contributed by atoms with Gasteiger partial charge < -0.3 is 14.0 Å². The minimum Gasteiger partial charge on any atom is -0.493 e. The number of ether oxygens (including phenoxy) is 2. The van der Waals surface area contributed by atoms with Crippen molar-refractivity contribution in [3.05, 3.63) is 35.2 Å². The average Bonchev–Trinajstić information content (AvgIpc) is 3.27. The van der Waals surface area contributed by atoms with E-state index in [4.69, 9.17) is 14.0 Å². The highest BCUT2D eigenvalue weighted by molar-refractivity contribution is 7.89. The van der Waals surface area contributed by atoms with Gasteiger partial charge in [0.2, 0.25) is 10.0 Å². The van der Waals surface area contributed by atoms with Crippen molar-refractivity contribution in [3.8, 4) is 11.5 Å². The van der Waals surface area contributed by atoms with Gasteiger partial charge in [-0.2, -0.15) is 4.31 Å². The van der Waals surface area contributed by atoms with Crippen LogP contribution in [0.15, 0.2) is 27.6 Å². The van der Waals surface area contributed by atoms with Crippen molar-refractivity contribution in [1.29, 1.82) is 0 Å². The molecule has 0 unspecified atom stereocenters. The van der Waals surface area contributed by atoms with Crippen LogP contribution in [0.5, 0.6) is 11.5 Å². The summed E-state index contributed by atoms with van der Waals surface area (Å²) in [7, 11) is -0.681. The van der Waals surface area contributed by atoms with Gasteiger partial charge in [-0.1, -0.05) is 12.1 Å². The molecule has 0 radical (unpaired) electrons. The molecule has 3 rings (SSSR count). The van der Waals surface area contributed by atoms with E-state index < -0.39 is 10.0 Å². The van der Waals surface area contributed by atoms with Crippen molar-refractivity contribution in [3.63, 3.8) is 0 Å². The highest BCUT2D eigenvalue weighted by Gasteiger charge is 2.39. The van der Waals surface area contributed by atoms with Gasteiger partial charge in [-0.05, 0) is 31.9 Å². The summed E-state index contributed by atoms with van der Waals surface area (Å²) in [6, 6.07) is 4.41. The van der Waals surface area contributed by atoms with E-state index in [2.05, 4.69) is 5.16 Å². The van der Waals surface area contributed by atoms with Crippen molar-refractivity contribution >= 4 is 10.0 Å². The van der Waals surface area contributed by atoms with Gasteiger partial charge in [0.15, 0.2) is 11.5 Å². The monoisotopic (exact) mass is 380 g/mol. The highest BCUT2D eigenvalue weighted by Crippen LogP contribution is 2.40. The van der Waals surface area contributed by atoms with Gasteiger partial charge in [-0.25, -0.2) is 8.42 Å². The number of rotatable bonds is 6. The van der Waals surface area contributed by atoms with Crippen molar-refractivity contribution < 1.29 is 22.4 Å². The molecule has 0 amide bonds. The zero-order valence-corrected chi connectivity index (χ0v) is 16.3. The molecule has 1 aliphatic heterocycles. The lowest BCUT2D eigenvalue weighted by molar-refractivity contribution is 0.352. The lowest BCUT2D eigenvalue weighted by Gasteiger charge is -2.24. The summed E-state index contributed by atoms with van der Waals surface area (Å²) in [4.78, 5) is 0.189. The molecule has 0 bridgehead atoms. The smallest absolute Gasteiger partial charge is 0.243 e. The zero-order valence-electron chi connectivity index (χ0n) is 15.5. The molecule has 1 atom stereocenters. The number of benzene rings is 1. The second-order valence-electron chi connectivity index (χ2n) is 6.25. The van der Waals surface area contributed by atoms with Crippen LogP contribution in [0.3, 0.4) is 0 Å².